The molecule has 0 aliphatic carbocycles. The number of amides is 1. The van der Waals surface area contributed by atoms with E-state index in [2.05, 4.69) is 0 Å². The highest BCUT2D eigenvalue weighted by Gasteiger charge is 2.26. The highest BCUT2D eigenvalue weighted by atomic mass is 32.2. The largest absolute Gasteiger partial charge is 0.496 e. The number of aromatic nitrogens is 2. The molecule has 0 bridgehead atoms. The number of hydrogen-bond donors (Lipinski definition) is 0. The number of nitrogens with zero attached hydrogens (tertiary/aromatic N) is 3. The maximum absolute atomic E-state index is 13.9. The van der Waals surface area contributed by atoms with E-state index in [0.29, 0.717) is 58.5 Å². The van der Waals surface area contributed by atoms with Crippen molar-refractivity contribution in [2.75, 3.05) is 13.7 Å². The smallest absolute Gasteiger partial charge is 0.263 e. The number of methoxy groups -OCH3 is 1. The number of hydrogen-bond acceptors (Lipinski definition) is 7. The molecule has 1 aliphatic rings. The van der Waals surface area contributed by atoms with Crippen molar-refractivity contribution in [3.8, 4) is 5.75 Å². The summed E-state index contributed by atoms with van der Waals surface area (Å²) in [4.78, 5) is 45.6. The van der Waals surface area contributed by atoms with E-state index in [1.54, 1.807) is 36.8 Å². The number of thioether (sulfide) groups is 1. The fourth-order valence-electron chi connectivity index (χ4n) is 4.47. The van der Waals surface area contributed by atoms with Crippen LogP contribution in [-0.2, 0) is 30.1 Å². The third kappa shape index (κ3) is 4.68. The van der Waals surface area contributed by atoms with Crippen molar-refractivity contribution in [1.29, 1.82) is 0 Å². The van der Waals surface area contributed by atoms with E-state index >= 15 is 0 Å². The van der Waals surface area contributed by atoms with E-state index in [0.717, 1.165) is 27.9 Å². The highest BCUT2D eigenvalue weighted by molar-refractivity contribution is 7.98. The van der Waals surface area contributed by atoms with Crippen LogP contribution < -0.4 is 10.3 Å². The van der Waals surface area contributed by atoms with Crippen LogP contribution in [0.5, 0.6) is 5.75 Å². The fraction of sp³-hybridized carbons (Fsp3) is 0.259. The molecule has 1 amide bonds. The molecule has 0 unspecified atom stereocenters. The summed E-state index contributed by atoms with van der Waals surface area (Å²) in [5, 5.41) is 1.27. The standard InChI is InChI=1S/C27H25N3O4S2/c1-17(32)29-11-10-21-23(14-29)36-25-24(21)26(33)30(13-18-6-4-3-5-7-18)27(28-25)35-16-20-12-19(15-31)8-9-22(20)34-2/h3-9,12,15H,10-11,13-14,16H2,1-2H3. The van der Waals surface area contributed by atoms with Crippen LogP contribution in [0.3, 0.4) is 0 Å². The third-order valence-corrected chi connectivity index (χ3v) is 8.49. The SMILES string of the molecule is COc1ccc(C=O)cc1CSc1nc2sc3c(c2c(=O)n1Cc1ccccc1)CCN(C(C)=O)C3. The molecule has 0 saturated heterocycles. The number of carbonyl (C=O) groups is 2. The summed E-state index contributed by atoms with van der Waals surface area (Å²) in [5.74, 6) is 1.21. The summed E-state index contributed by atoms with van der Waals surface area (Å²) in [6, 6.07) is 15.2. The van der Waals surface area contributed by atoms with Crippen LogP contribution in [0.15, 0.2) is 58.5 Å². The average molecular weight is 520 g/mol. The van der Waals surface area contributed by atoms with Gasteiger partial charge in [0.15, 0.2) is 5.16 Å². The molecule has 0 atom stereocenters. The van der Waals surface area contributed by atoms with E-state index in [1.807, 2.05) is 35.2 Å². The van der Waals surface area contributed by atoms with Gasteiger partial charge >= 0.3 is 0 Å². The molecule has 36 heavy (non-hydrogen) atoms. The first-order valence-electron chi connectivity index (χ1n) is 11.6. The summed E-state index contributed by atoms with van der Waals surface area (Å²) in [7, 11) is 1.60. The summed E-state index contributed by atoms with van der Waals surface area (Å²) in [6.45, 7) is 3.10. The van der Waals surface area contributed by atoms with Crippen LogP contribution >= 0.6 is 23.1 Å². The molecule has 2 aromatic heterocycles. The van der Waals surface area contributed by atoms with Gasteiger partial charge < -0.3 is 9.64 Å². The van der Waals surface area contributed by atoms with Gasteiger partial charge in [0.1, 0.15) is 16.9 Å². The summed E-state index contributed by atoms with van der Waals surface area (Å²) in [6.07, 6.45) is 1.46. The van der Waals surface area contributed by atoms with Gasteiger partial charge in [-0.3, -0.25) is 19.0 Å². The molecule has 0 radical (unpaired) electrons. The molecule has 2 aromatic carbocycles. The monoisotopic (exact) mass is 519 g/mol. The molecule has 0 N–H and O–H groups in total. The van der Waals surface area contributed by atoms with E-state index in [-0.39, 0.29) is 11.5 Å². The Hall–Kier alpha value is -3.43. The number of benzene rings is 2. The van der Waals surface area contributed by atoms with Gasteiger partial charge in [0.25, 0.3) is 5.56 Å². The molecule has 7 nitrogen and oxygen atoms in total. The number of thiophene rings is 1. The molecule has 3 heterocycles. The van der Waals surface area contributed by atoms with Crippen molar-refractivity contribution in [3.05, 3.63) is 86.0 Å². The molecule has 9 heteroatoms. The Bertz CT molecular complexity index is 1510. The van der Waals surface area contributed by atoms with Crippen molar-refractivity contribution in [2.24, 2.45) is 0 Å². The zero-order valence-electron chi connectivity index (χ0n) is 20.0. The number of carbonyl (C=O) groups excluding carboxylic acids is 2. The van der Waals surface area contributed by atoms with Gasteiger partial charge in [-0.25, -0.2) is 4.98 Å². The Morgan fingerprint density at radius 1 is 1.22 bits per heavy atom. The van der Waals surface area contributed by atoms with Gasteiger partial charge in [-0.2, -0.15) is 0 Å². The van der Waals surface area contributed by atoms with Crippen LogP contribution in [0.4, 0.5) is 0 Å². The Morgan fingerprint density at radius 2 is 2.03 bits per heavy atom. The molecular weight excluding hydrogens is 494 g/mol. The lowest BCUT2D eigenvalue weighted by Crippen LogP contribution is -2.34. The van der Waals surface area contributed by atoms with Crippen LogP contribution in [0, 0.1) is 0 Å². The van der Waals surface area contributed by atoms with E-state index in [1.165, 1.54) is 23.1 Å². The Labute approximate surface area is 216 Å². The minimum atomic E-state index is -0.0614. The van der Waals surface area contributed by atoms with Crippen molar-refractivity contribution in [2.45, 2.75) is 37.3 Å². The lowest BCUT2D eigenvalue weighted by atomic mass is 10.1. The predicted molar refractivity (Wildman–Crippen MR) is 142 cm³/mol. The first kappa shape index (κ1) is 24.3. The minimum Gasteiger partial charge on any atom is -0.496 e. The summed E-state index contributed by atoms with van der Waals surface area (Å²) in [5.41, 5.74) is 3.39. The second-order valence-corrected chi connectivity index (χ2v) is 10.6. The second-order valence-electron chi connectivity index (χ2n) is 8.62. The van der Waals surface area contributed by atoms with E-state index in [4.69, 9.17) is 9.72 Å². The number of aldehydes is 1. The Balaban J connectivity index is 1.58. The average Bonchev–Trinajstić information content (AvgIpc) is 3.27. The molecule has 1 aliphatic heterocycles. The fourth-order valence-corrected chi connectivity index (χ4v) is 6.72. The summed E-state index contributed by atoms with van der Waals surface area (Å²) >= 11 is 2.94. The van der Waals surface area contributed by atoms with Crippen LogP contribution in [0.25, 0.3) is 10.2 Å². The molecule has 0 spiro atoms. The Morgan fingerprint density at radius 3 is 2.75 bits per heavy atom. The predicted octanol–water partition coefficient (Wildman–Crippen LogP) is 4.52. The number of rotatable bonds is 7. The van der Waals surface area contributed by atoms with Gasteiger partial charge in [0.05, 0.1) is 25.6 Å². The third-order valence-electron chi connectivity index (χ3n) is 6.35. The van der Waals surface area contributed by atoms with E-state index in [9.17, 15) is 14.4 Å². The molecule has 0 fully saturated rings. The highest BCUT2D eigenvalue weighted by Crippen LogP contribution is 2.35. The topological polar surface area (TPSA) is 81.5 Å². The van der Waals surface area contributed by atoms with Crippen molar-refractivity contribution in [3.63, 3.8) is 0 Å². The lowest BCUT2D eigenvalue weighted by Gasteiger charge is -2.25. The molecule has 184 valence electrons. The van der Waals surface area contributed by atoms with Crippen molar-refractivity contribution in [1.82, 2.24) is 14.5 Å². The van der Waals surface area contributed by atoms with Crippen LogP contribution in [0.1, 0.15) is 38.8 Å². The minimum absolute atomic E-state index is 0.0373. The normalized spacial score (nSPS) is 13.0. The zero-order valence-corrected chi connectivity index (χ0v) is 21.7. The lowest BCUT2D eigenvalue weighted by molar-refractivity contribution is -0.129. The van der Waals surface area contributed by atoms with Gasteiger partial charge in [0.2, 0.25) is 5.91 Å². The van der Waals surface area contributed by atoms with Gasteiger partial charge in [-0.1, -0.05) is 42.1 Å². The van der Waals surface area contributed by atoms with Gasteiger partial charge in [0, 0.05) is 35.2 Å². The molecule has 4 aromatic rings. The first-order valence-corrected chi connectivity index (χ1v) is 13.4. The zero-order chi connectivity index (χ0) is 25.2. The Kier molecular flexibility index (Phi) is 6.93. The number of ether oxygens (including phenoxy) is 1. The summed E-state index contributed by atoms with van der Waals surface area (Å²) < 4.78 is 7.23. The van der Waals surface area contributed by atoms with Gasteiger partial charge in [-0.15, -0.1) is 11.3 Å². The molecular formula is C27H25N3O4S2. The van der Waals surface area contributed by atoms with E-state index < -0.39 is 0 Å². The van der Waals surface area contributed by atoms with Crippen molar-refractivity contribution >= 4 is 45.5 Å². The van der Waals surface area contributed by atoms with Crippen LogP contribution in [-0.4, -0.2) is 40.3 Å². The van der Waals surface area contributed by atoms with Crippen molar-refractivity contribution < 1.29 is 14.3 Å². The maximum atomic E-state index is 13.9. The first-order chi connectivity index (χ1) is 17.5. The molecule has 5 rings (SSSR count). The van der Waals surface area contributed by atoms with Crippen LogP contribution in [0.2, 0.25) is 0 Å². The van der Waals surface area contributed by atoms with Gasteiger partial charge in [-0.05, 0) is 35.7 Å². The second kappa shape index (κ2) is 10.3. The quantitative estimate of drug-likeness (QED) is 0.203. The maximum Gasteiger partial charge on any atom is 0.263 e. The molecule has 0 saturated carbocycles. The number of fused-ring (bicyclic) bond motifs is 3.